The Kier molecular flexibility index (Phi) is 5.44. The van der Waals surface area contributed by atoms with Crippen molar-refractivity contribution in [2.45, 2.75) is 19.8 Å². The molecule has 2 aromatic rings. The minimum atomic E-state index is -0.378. The minimum absolute atomic E-state index is 0.212. The van der Waals surface area contributed by atoms with Gasteiger partial charge in [-0.05, 0) is 24.6 Å². The Morgan fingerprint density at radius 2 is 2.27 bits per heavy atom. The van der Waals surface area contributed by atoms with Gasteiger partial charge in [-0.15, -0.1) is 0 Å². The number of nitrogens with zero attached hydrogens (tertiary/aromatic N) is 3. The highest BCUT2D eigenvalue weighted by atomic mass is 16.5. The first-order chi connectivity index (χ1) is 10.7. The molecule has 2 rings (SSSR count). The molecule has 0 radical (unpaired) electrons. The number of nitrogens with one attached hydrogen (secondary N) is 1. The Balaban J connectivity index is 2.09. The molecule has 0 aliphatic rings. The van der Waals surface area contributed by atoms with E-state index in [2.05, 4.69) is 28.3 Å². The molecule has 6 heteroatoms. The van der Waals surface area contributed by atoms with Crippen molar-refractivity contribution in [2.24, 2.45) is 0 Å². The van der Waals surface area contributed by atoms with Crippen LogP contribution in [0.4, 0.5) is 5.69 Å². The lowest BCUT2D eigenvalue weighted by Gasteiger charge is -2.09. The van der Waals surface area contributed by atoms with Gasteiger partial charge in [0.25, 0.3) is 5.91 Å². The Hall–Kier alpha value is -2.94. The molecule has 0 aliphatic heterocycles. The molecule has 1 aromatic heterocycles. The van der Waals surface area contributed by atoms with Gasteiger partial charge in [-0.1, -0.05) is 13.3 Å². The van der Waals surface area contributed by atoms with Gasteiger partial charge in [0.2, 0.25) is 0 Å². The summed E-state index contributed by atoms with van der Waals surface area (Å²) in [5, 5.41) is 11.9. The summed E-state index contributed by atoms with van der Waals surface area (Å²) in [6.45, 7) is 2.64. The van der Waals surface area contributed by atoms with Crippen molar-refractivity contribution in [1.29, 1.82) is 5.26 Å². The summed E-state index contributed by atoms with van der Waals surface area (Å²) < 4.78 is 5.56. The predicted molar refractivity (Wildman–Crippen MR) is 81.5 cm³/mol. The molecule has 0 atom stereocenters. The van der Waals surface area contributed by atoms with Gasteiger partial charge >= 0.3 is 0 Å². The molecular weight excluding hydrogens is 280 g/mol. The van der Waals surface area contributed by atoms with Gasteiger partial charge in [0.05, 0.1) is 18.4 Å². The average Bonchev–Trinajstić information content (AvgIpc) is 2.57. The van der Waals surface area contributed by atoms with Crippen LogP contribution in [-0.4, -0.2) is 22.5 Å². The Morgan fingerprint density at radius 1 is 1.41 bits per heavy atom. The summed E-state index contributed by atoms with van der Waals surface area (Å²) in [5.74, 6) is 0.144. The average molecular weight is 296 g/mol. The molecule has 0 fully saturated rings. The van der Waals surface area contributed by atoms with E-state index in [9.17, 15) is 10.1 Å². The predicted octanol–water partition coefficient (Wildman–Crippen LogP) is 2.78. The molecule has 1 N–H and O–H groups in total. The van der Waals surface area contributed by atoms with Crippen LogP contribution < -0.4 is 10.1 Å². The highest BCUT2D eigenvalue weighted by Gasteiger charge is 2.10. The van der Waals surface area contributed by atoms with E-state index in [1.54, 1.807) is 18.2 Å². The van der Waals surface area contributed by atoms with Crippen LogP contribution in [0, 0.1) is 11.3 Å². The number of unbranched alkanes of at least 4 members (excludes halogenated alkanes) is 1. The number of aromatic nitrogens is 2. The van der Waals surface area contributed by atoms with E-state index >= 15 is 0 Å². The summed E-state index contributed by atoms with van der Waals surface area (Å²) in [6.07, 6.45) is 6.26. The smallest absolute Gasteiger partial charge is 0.275 e. The number of hydrogen-bond donors (Lipinski definition) is 1. The van der Waals surface area contributed by atoms with Crippen LogP contribution in [0.2, 0.25) is 0 Å². The van der Waals surface area contributed by atoms with Crippen molar-refractivity contribution in [3.8, 4) is 11.8 Å². The van der Waals surface area contributed by atoms with Crippen LogP contribution in [0.15, 0.2) is 36.8 Å². The van der Waals surface area contributed by atoms with Gasteiger partial charge in [-0.25, -0.2) is 4.98 Å². The van der Waals surface area contributed by atoms with Crippen LogP contribution in [-0.2, 0) is 0 Å². The van der Waals surface area contributed by atoms with E-state index in [0.29, 0.717) is 23.6 Å². The third-order valence-corrected chi connectivity index (χ3v) is 2.91. The number of benzene rings is 1. The highest BCUT2D eigenvalue weighted by molar-refractivity contribution is 6.02. The topological polar surface area (TPSA) is 87.9 Å². The molecule has 0 saturated heterocycles. The number of rotatable bonds is 6. The van der Waals surface area contributed by atoms with Gasteiger partial charge in [-0.3, -0.25) is 9.78 Å². The van der Waals surface area contributed by atoms with E-state index < -0.39 is 0 Å². The number of amides is 1. The summed E-state index contributed by atoms with van der Waals surface area (Å²) in [4.78, 5) is 19.7. The number of nitriles is 1. The third-order valence-electron chi connectivity index (χ3n) is 2.91. The summed E-state index contributed by atoms with van der Waals surface area (Å²) in [7, 11) is 0. The van der Waals surface area contributed by atoms with Crippen LogP contribution >= 0.6 is 0 Å². The van der Waals surface area contributed by atoms with Crippen LogP contribution in [0.25, 0.3) is 0 Å². The summed E-state index contributed by atoms with van der Waals surface area (Å²) in [6, 6.07) is 7.02. The molecular formula is C16H16N4O2. The molecule has 0 aliphatic carbocycles. The first-order valence-electron chi connectivity index (χ1n) is 6.99. The number of carbonyl (C=O) groups is 1. The fraction of sp³-hybridized carbons (Fsp3) is 0.250. The first kappa shape index (κ1) is 15.4. The van der Waals surface area contributed by atoms with Crippen LogP contribution in [0.5, 0.6) is 5.75 Å². The minimum Gasteiger partial charge on any atom is -0.492 e. The van der Waals surface area contributed by atoms with Gasteiger partial charge in [-0.2, -0.15) is 5.26 Å². The Bertz CT molecular complexity index is 680. The van der Waals surface area contributed by atoms with Crippen LogP contribution in [0.3, 0.4) is 0 Å². The molecule has 1 heterocycles. The van der Waals surface area contributed by atoms with E-state index in [-0.39, 0.29) is 11.6 Å². The van der Waals surface area contributed by atoms with Crippen molar-refractivity contribution in [1.82, 2.24) is 9.97 Å². The molecule has 1 amide bonds. The maximum absolute atomic E-state index is 12.0. The highest BCUT2D eigenvalue weighted by Crippen LogP contribution is 2.22. The monoisotopic (exact) mass is 296 g/mol. The second-order valence-electron chi connectivity index (χ2n) is 4.57. The van der Waals surface area contributed by atoms with Gasteiger partial charge in [0.15, 0.2) is 0 Å². The molecule has 22 heavy (non-hydrogen) atoms. The van der Waals surface area contributed by atoms with Crippen molar-refractivity contribution in [2.75, 3.05) is 11.9 Å². The van der Waals surface area contributed by atoms with Crippen LogP contribution in [0.1, 0.15) is 35.8 Å². The largest absolute Gasteiger partial charge is 0.492 e. The molecule has 1 aromatic carbocycles. The van der Waals surface area contributed by atoms with Gasteiger partial charge in [0, 0.05) is 18.1 Å². The van der Waals surface area contributed by atoms with E-state index in [1.807, 2.05) is 0 Å². The zero-order chi connectivity index (χ0) is 15.8. The quantitative estimate of drug-likeness (QED) is 0.828. The SMILES string of the molecule is CCCCOc1ccc(NC(=O)c2cnccn2)cc1C#N. The van der Waals surface area contributed by atoms with Crippen molar-refractivity contribution in [3.05, 3.63) is 48.0 Å². The molecule has 0 bridgehead atoms. The van der Waals surface area contributed by atoms with Gasteiger partial charge in [0.1, 0.15) is 17.5 Å². The summed E-state index contributed by atoms with van der Waals surface area (Å²) in [5.41, 5.74) is 1.10. The van der Waals surface area contributed by atoms with Crippen molar-refractivity contribution < 1.29 is 9.53 Å². The molecule has 0 saturated carbocycles. The lowest BCUT2D eigenvalue weighted by atomic mass is 10.2. The van der Waals surface area contributed by atoms with E-state index in [4.69, 9.17) is 4.74 Å². The molecule has 112 valence electrons. The third kappa shape index (κ3) is 4.03. The van der Waals surface area contributed by atoms with E-state index in [0.717, 1.165) is 12.8 Å². The summed E-state index contributed by atoms with van der Waals surface area (Å²) >= 11 is 0. The normalized spacial score (nSPS) is 9.82. The maximum atomic E-state index is 12.0. The number of ether oxygens (including phenoxy) is 1. The van der Waals surface area contributed by atoms with Gasteiger partial charge < -0.3 is 10.1 Å². The zero-order valence-electron chi connectivity index (χ0n) is 12.2. The lowest BCUT2D eigenvalue weighted by Crippen LogP contribution is -2.14. The first-order valence-corrected chi connectivity index (χ1v) is 6.99. The lowest BCUT2D eigenvalue weighted by molar-refractivity contribution is 0.102. The molecule has 0 unspecified atom stereocenters. The maximum Gasteiger partial charge on any atom is 0.275 e. The fourth-order valence-electron chi connectivity index (χ4n) is 1.76. The van der Waals surface area contributed by atoms with Crippen molar-refractivity contribution in [3.63, 3.8) is 0 Å². The van der Waals surface area contributed by atoms with Crippen molar-refractivity contribution >= 4 is 11.6 Å². The Morgan fingerprint density at radius 3 is 2.95 bits per heavy atom. The number of anilines is 1. The number of carbonyl (C=O) groups excluding carboxylic acids is 1. The molecule has 6 nitrogen and oxygen atoms in total. The Labute approximate surface area is 128 Å². The number of hydrogen-bond acceptors (Lipinski definition) is 5. The standard InChI is InChI=1S/C16H16N4O2/c1-2-3-8-22-15-5-4-13(9-12(15)10-17)20-16(21)14-11-18-6-7-19-14/h4-7,9,11H,2-3,8H2,1H3,(H,20,21). The van der Waals surface area contributed by atoms with E-state index in [1.165, 1.54) is 18.6 Å². The fourth-order valence-corrected chi connectivity index (χ4v) is 1.76. The second-order valence-corrected chi connectivity index (χ2v) is 4.57. The molecule has 0 spiro atoms. The second kappa shape index (κ2) is 7.74. The zero-order valence-corrected chi connectivity index (χ0v) is 12.2.